The number of halogens is 1. The van der Waals surface area contributed by atoms with Gasteiger partial charge in [-0.15, -0.1) is 0 Å². The van der Waals surface area contributed by atoms with Crippen LogP contribution >= 0.6 is 0 Å². The van der Waals surface area contributed by atoms with Gasteiger partial charge in [0.25, 0.3) is 0 Å². The quantitative estimate of drug-likeness (QED) is 0.777. The first-order chi connectivity index (χ1) is 9.35. The first-order valence-electron chi connectivity index (χ1n) is 6.41. The maximum absolute atomic E-state index is 13.5. The van der Waals surface area contributed by atoms with E-state index >= 15 is 0 Å². The van der Waals surface area contributed by atoms with Crippen molar-refractivity contribution in [3.8, 4) is 0 Å². The monoisotopic (exact) mass is 282 g/mol. The largest absolute Gasteiger partial charge is 0.480 e. The lowest BCUT2D eigenvalue weighted by Crippen LogP contribution is -2.46. The molecular formula is C14H19FN2O3. The van der Waals surface area contributed by atoms with Gasteiger partial charge in [-0.3, -0.25) is 0 Å². The highest BCUT2D eigenvalue weighted by molar-refractivity contribution is 5.92. The van der Waals surface area contributed by atoms with Gasteiger partial charge in [-0.2, -0.15) is 0 Å². The zero-order chi connectivity index (χ0) is 15.3. The van der Waals surface area contributed by atoms with Crippen LogP contribution in [0.4, 0.5) is 14.9 Å². The van der Waals surface area contributed by atoms with E-state index in [0.717, 1.165) is 5.56 Å². The van der Waals surface area contributed by atoms with Crippen molar-refractivity contribution in [2.75, 3.05) is 5.32 Å². The van der Waals surface area contributed by atoms with Crippen LogP contribution in [0.15, 0.2) is 18.2 Å². The van der Waals surface area contributed by atoms with Crippen molar-refractivity contribution in [1.29, 1.82) is 0 Å². The zero-order valence-electron chi connectivity index (χ0n) is 11.7. The molecule has 20 heavy (non-hydrogen) atoms. The Morgan fingerprint density at radius 2 is 2.05 bits per heavy atom. The van der Waals surface area contributed by atoms with Crippen LogP contribution in [0.5, 0.6) is 0 Å². The van der Waals surface area contributed by atoms with Crippen LogP contribution in [-0.4, -0.2) is 23.1 Å². The molecule has 0 aliphatic carbocycles. The minimum absolute atomic E-state index is 0.0239. The molecule has 0 bridgehead atoms. The number of hydrogen-bond donors (Lipinski definition) is 3. The number of hydrogen-bond acceptors (Lipinski definition) is 2. The van der Waals surface area contributed by atoms with Crippen molar-refractivity contribution in [1.82, 2.24) is 5.32 Å². The molecule has 0 radical (unpaired) electrons. The smallest absolute Gasteiger partial charge is 0.326 e. The van der Waals surface area contributed by atoms with E-state index in [2.05, 4.69) is 10.6 Å². The predicted octanol–water partition coefficient (Wildman–Crippen LogP) is 2.75. The maximum atomic E-state index is 13.5. The minimum Gasteiger partial charge on any atom is -0.480 e. The van der Waals surface area contributed by atoms with Crippen molar-refractivity contribution < 1.29 is 19.1 Å². The number of anilines is 1. The Hall–Kier alpha value is -2.11. The van der Waals surface area contributed by atoms with Crippen LogP contribution in [0.1, 0.15) is 25.8 Å². The predicted molar refractivity (Wildman–Crippen MR) is 74.2 cm³/mol. The summed E-state index contributed by atoms with van der Waals surface area (Å²) in [6.07, 6.45) is 0.607. The number of carbonyl (C=O) groups excluding carboxylic acids is 1. The van der Waals surface area contributed by atoms with Crippen LogP contribution in [0.25, 0.3) is 0 Å². The van der Waals surface area contributed by atoms with E-state index in [4.69, 9.17) is 5.11 Å². The molecule has 3 N–H and O–H groups in total. The third-order valence-corrected chi connectivity index (χ3v) is 3.14. The van der Waals surface area contributed by atoms with Gasteiger partial charge in [-0.25, -0.2) is 14.0 Å². The van der Waals surface area contributed by atoms with E-state index in [1.807, 2.05) is 6.92 Å². The maximum Gasteiger partial charge on any atom is 0.326 e. The van der Waals surface area contributed by atoms with Gasteiger partial charge in [0.05, 0.1) is 5.69 Å². The fraction of sp³-hybridized carbons (Fsp3) is 0.429. The van der Waals surface area contributed by atoms with Crippen molar-refractivity contribution in [2.45, 2.75) is 33.2 Å². The molecule has 0 saturated heterocycles. The Kier molecular flexibility index (Phi) is 5.49. The van der Waals surface area contributed by atoms with Gasteiger partial charge in [-0.1, -0.05) is 26.3 Å². The molecule has 1 rings (SSSR count). The zero-order valence-corrected chi connectivity index (χ0v) is 11.7. The average molecular weight is 282 g/mol. The van der Waals surface area contributed by atoms with Crippen LogP contribution in [-0.2, 0) is 4.79 Å². The van der Waals surface area contributed by atoms with Crippen molar-refractivity contribution in [3.63, 3.8) is 0 Å². The molecule has 6 heteroatoms. The summed E-state index contributed by atoms with van der Waals surface area (Å²) in [5.74, 6) is -1.90. The molecule has 1 aromatic rings. The molecule has 110 valence electrons. The van der Waals surface area contributed by atoms with Gasteiger partial charge >= 0.3 is 12.0 Å². The highest BCUT2D eigenvalue weighted by atomic mass is 19.1. The molecule has 0 aliphatic heterocycles. The summed E-state index contributed by atoms with van der Waals surface area (Å²) in [6.45, 7) is 5.33. The first kappa shape index (κ1) is 15.9. The molecule has 2 amide bonds. The highest BCUT2D eigenvalue weighted by Gasteiger charge is 2.25. The number of carboxylic acids is 1. The Bertz CT molecular complexity index is 505. The second-order valence-electron chi connectivity index (χ2n) is 4.78. The van der Waals surface area contributed by atoms with Gasteiger partial charge in [0.2, 0.25) is 0 Å². The number of carboxylic acid groups (broad SMARTS) is 1. The molecular weight excluding hydrogens is 263 g/mol. The number of rotatable bonds is 5. The Morgan fingerprint density at radius 1 is 1.40 bits per heavy atom. The molecule has 0 saturated carbocycles. The normalized spacial score (nSPS) is 13.4. The summed E-state index contributed by atoms with van der Waals surface area (Å²) >= 11 is 0. The van der Waals surface area contributed by atoms with Gasteiger partial charge in [-0.05, 0) is 30.5 Å². The van der Waals surface area contributed by atoms with E-state index in [1.54, 1.807) is 19.9 Å². The number of aliphatic carboxylic acids is 1. The lowest BCUT2D eigenvalue weighted by molar-refractivity contribution is -0.140. The van der Waals surface area contributed by atoms with Gasteiger partial charge in [0.15, 0.2) is 0 Å². The summed E-state index contributed by atoms with van der Waals surface area (Å²) in [5.41, 5.74) is 0.814. The van der Waals surface area contributed by atoms with Crippen molar-refractivity contribution in [2.24, 2.45) is 5.92 Å². The average Bonchev–Trinajstić information content (AvgIpc) is 2.39. The van der Waals surface area contributed by atoms with E-state index in [1.165, 1.54) is 12.1 Å². The molecule has 0 aliphatic rings. The minimum atomic E-state index is -1.11. The molecule has 0 unspecified atom stereocenters. The third-order valence-electron chi connectivity index (χ3n) is 3.14. The number of carbonyl (C=O) groups is 2. The van der Waals surface area contributed by atoms with E-state index in [-0.39, 0.29) is 11.6 Å². The summed E-state index contributed by atoms with van der Waals surface area (Å²) in [5, 5.41) is 13.7. The van der Waals surface area contributed by atoms with Crippen molar-refractivity contribution in [3.05, 3.63) is 29.6 Å². The topological polar surface area (TPSA) is 78.4 Å². The molecule has 0 spiro atoms. The van der Waals surface area contributed by atoms with Gasteiger partial charge in [0.1, 0.15) is 11.9 Å². The Balaban J connectivity index is 2.75. The lowest BCUT2D eigenvalue weighted by Gasteiger charge is -2.20. The molecule has 5 nitrogen and oxygen atoms in total. The second kappa shape index (κ2) is 6.88. The molecule has 0 aromatic heterocycles. The number of aryl methyl sites for hydroxylation is 1. The number of amides is 2. The van der Waals surface area contributed by atoms with Crippen LogP contribution in [0.3, 0.4) is 0 Å². The third kappa shape index (κ3) is 4.22. The van der Waals surface area contributed by atoms with Gasteiger partial charge in [0, 0.05) is 0 Å². The van der Waals surface area contributed by atoms with E-state index in [9.17, 15) is 14.0 Å². The molecule has 2 atom stereocenters. The van der Waals surface area contributed by atoms with Crippen LogP contribution in [0, 0.1) is 18.7 Å². The number of nitrogens with one attached hydrogen (secondary N) is 2. The summed E-state index contributed by atoms with van der Waals surface area (Å²) in [4.78, 5) is 22.9. The fourth-order valence-electron chi connectivity index (χ4n) is 1.72. The van der Waals surface area contributed by atoms with E-state index < -0.39 is 23.9 Å². The van der Waals surface area contributed by atoms with Crippen LogP contribution in [0.2, 0.25) is 0 Å². The lowest BCUT2D eigenvalue weighted by atomic mass is 9.99. The molecule has 0 fully saturated rings. The van der Waals surface area contributed by atoms with Crippen LogP contribution < -0.4 is 10.6 Å². The Morgan fingerprint density at radius 3 is 2.60 bits per heavy atom. The fourth-order valence-corrected chi connectivity index (χ4v) is 1.72. The summed E-state index contributed by atoms with van der Waals surface area (Å²) in [6, 6.07) is 2.56. The summed E-state index contributed by atoms with van der Waals surface area (Å²) in [7, 11) is 0. The standard InChI is InChI=1S/C14H19FN2O3/c1-4-9(3)12(13(18)19)17-14(20)16-11-7-8(2)5-6-10(11)15/h5-7,9,12H,4H2,1-3H3,(H,18,19)(H2,16,17,20)/t9-,12-/m0/s1. The molecule has 0 heterocycles. The van der Waals surface area contributed by atoms with E-state index in [0.29, 0.717) is 6.42 Å². The van der Waals surface area contributed by atoms with Gasteiger partial charge < -0.3 is 15.7 Å². The SMILES string of the molecule is CC[C@H](C)[C@H](NC(=O)Nc1cc(C)ccc1F)C(=O)O. The first-order valence-corrected chi connectivity index (χ1v) is 6.41. The second-order valence-corrected chi connectivity index (χ2v) is 4.78. The highest BCUT2D eigenvalue weighted by Crippen LogP contribution is 2.16. The Labute approximate surface area is 117 Å². The van der Waals surface area contributed by atoms with Crippen molar-refractivity contribution >= 4 is 17.7 Å². The number of benzene rings is 1. The number of urea groups is 1. The summed E-state index contributed by atoms with van der Waals surface area (Å²) < 4.78 is 13.5. The molecule has 1 aromatic carbocycles.